The quantitative estimate of drug-likeness (QED) is 0.810. The lowest BCUT2D eigenvalue weighted by Gasteiger charge is -2.34. The minimum atomic E-state index is -0.0522. The highest BCUT2D eigenvalue weighted by Gasteiger charge is 2.26. The number of nitrogens with one attached hydrogen (secondary N) is 1. The molecule has 1 saturated heterocycles. The molecule has 0 aromatic rings. The summed E-state index contributed by atoms with van der Waals surface area (Å²) in [4.78, 5) is 0. The summed E-state index contributed by atoms with van der Waals surface area (Å²) >= 11 is 0. The van der Waals surface area contributed by atoms with Gasteiger partial charge in [-0.05, 0) is 50.5 Å². The van der Waals surface area contributed by atoms with Gasteiger partial charge in [-0.25, -0.2) is 0 Å². The smallest absolute Gasteiger partial charge is 0.0612 e. The number of hydrogen-bond acceptors (Lipinski definition) is 3. The van der Waals surface area contributed by atoms with Crippen molar-refractivity contribution in [1.82, 2.24) is 5.32 Å². The SMILES string of the molecule is CC(C)C1CC(NCC2CCCC(O)C2)CCO1. The molecule has 2 N–H and O–H groups in total. The third-order valence-corrected chi connectivity index (χ3v) is 4.51. The Bertz CT molecular complexity index is 245. The minimum absolute atomic E-state index is 0.0522. The first-order chi connectivity index (χ1) is 8.65. The standard InChI is InChI=1S/C15H29NO2/c1-11(2)15-9-13(6-7-18-15)16-10-12-4-3-5-14(17)8-12/h11-17H,3-10H2,1-2H3. The van der Waals surface area contributed by atoms with E-state index in [1.807, 2.05) is 0 Å². The largest absolute Gasteiger partial charge is 0.393 e. The zero-order chi connectivity index (χ0) is 13.0. The first kappa shape index (κ1) is 14.3. The highest BCUT2D eigenvalue weighted by atomic mass is 16.5. The molecular formula is C15H29NO2. The molecule has 0 radical (unpaired) electrons. The third kappa shape index (κ3) is 4.22. The van der Waals surface area contributed by atoms with E-state index >= 15 is 0 Å². The van der Waals surface area contributed by atoms with Crippen molar-refractivity contribution in [3.8, 4) is 0 Å². The molecule has 0 aromatic carbocycles. The van der Waals surface area contributed by atoms with Crippen LogP contribution in [0.15, 0.2) is 0 Å². The third-order valence-electron chi connectivity index (χ3n) is 4.51. The van der Waals surface area contributed by atoms with E-state index in [1.54, 1.807) is 0 Å². The second kappa shape index (κ2) is 6.88. The fraction of sp³-hybridized carbons (Fsp3) is 1.00. The van der Waals surface area contributed by atoms with E-state index in [9.17, 15) is 5.11 Å². The molecule has 1 saturated carbocycles. The van der Waals surface area contributed by atoms with E-state index in [1.165, 1.54) is 12.8 Å². The van der Waals surface area contributed by atoms with Crippen molar-refractivity contribution < 1.29 is 9.84 Å². The van der Waals surface area contributed by atoms with Gasteiger partial charge in [0, 0.05) is 12.6 Å². The molecule has 0 spiro atoms. The van der Waals surface area contributed by atoms with Crippen molar-refractivity contribution in [2.75, 3.05) is 13.2 Å². The Kier molecular flexibility index (Phi) is 5.46. The van der Waals surface area contributed by atoms with Gasteiger partial charge in [-0.3, -0.25) is 0 Å². The Hall–Kier alpha value is -0.120. The molecule has 1 heterocycles. The topological polar surface area (TPSA) is 41.5 Å². The average molecular weight is 255 g/mol. The van der Waals surface area contributed by atoms with E-state index in [4.69, 9.17) is 4.74 Å². The normalized spacial score (nSPS) is 38.0. The van der Waals surface area contributed by atoms with Crippen molar-refractivity contribution in [1.29, 1.82) is 0 Å². The lowest BCUT2D eigenvalue weighted by molar-refractivity contribution is -0.0253. The highest BCUT2D eigenvalue weighted by molar-refractivity contribution is 4.81. The van der Waals surface area contributed by atoms with Gasteiger partial charge in [0.1, 0.15) is 0 Å². The van der Waals surface area contributed by atoms with Crippen LogP contribution >= 0.6 is 0 Å². The van der Waals surface area contributed by atoms with E-state index in [-0.39, 0.29) is 6.10 Å². The van der Waals surface area contributed by atoms with Crippen molar-refractivity contribution in [3.05, 3.63) is 0 Å². The van der Waals surface area contributed by atoms with Crippen LogP contribution < -0.4 is 5.32 Å². The van der Waals surface area contributed by atoms with Crippen LogP contribution in [0.1, 0.15) is 52.4 Å². The maximum Gasteiger partial charge on any atom is 0.0612 e. The Morgan fingerprint density at radius 3 is 2.78 bits per heavy atom. The highest BCUT2D eigenvalue weighted by Crippen LogP contribution is 2.25. The fourth-order valence-electron chi connectivity index (χ4n) is 3.26. The number of ether oxygens (including phenoxy) is 1. The Morgan fingerprint density at radius 1 is 1.22 bits per heavy atom. The van der Waals surface area contributed by atoms with Crippen LogP contribution in [0, 0.1) is 11.8 Å². The summed E-state index contributed by atoms with van der Waals surface area (Å²) < 4.78 is 5.80. The Morgan fingerprint density at radius 2 is 2.06 bits per heavy atom. The zero-order valence-corrected chi connectivity index (χ0v) is 11.9. The molecule has 1 aliphatic heterocycles. The summed E-state index contributed by atoms with van der Waals surface area (Å²) in [6.45, 7) is 6.45. The van der Waals surface area contributed by atoms with Crippen LogP contribution in [0.4, 0.5) is 0 Å². The monoisotopic (exact) mass is 255 g/mol. The van der Waals surface area contributed by atoms with Gasteiger partial charge >= 0.3 is 0 Å². The van der Waals surface area contributed by atoms with Crippen LogP contribution in [0.3, 0.4) is 0 Å². The van der Waals surface area contributed by atoms with Crippen molar-refractivity contribution in [2.45, 2.75) is 70.6 Å². The van der Waals surface area contributed by atoms with E-state index in [0.29, 0.717) is 24.0 Å². The molecule has 0 amide bonds. The van der Waals surface area contributed by atoms with Gasteiger partial charge < -0.3 is 15.2 Å². The molecule has 4 atom stereocenters. The Labute approximate surface area is 111 Å². The molecule has 106 valence electrons. The molecule has 3 nitrogen and oxygen atoms in total. The Balaban J connectivity index is 1.69. The fourth-order valence-corrected chi connectivity index (χ4v) is 3.26. The van der Waals surface area contributed by atoms with E-state index in [2.05, 4.69) is 19.2 Å². The van der Waals surface area contributed by atoms with Crippen molar-refractivity contribution in [3.63, 3.8) is 0 Å². The summed E-state index contributed by atoms with van der Waals surface area (Å²) in [5.74, 6) is 1.29. The lowest BCUT2D eigenvalue weighted by atomic mass is 9.86. The molecule has 0 aromatic heterocycles. The van der Waals surface area contributed by atoms with Gasteiger partial charge in [0.25, 0.3) is 0 Å². The maximum absolute atomic E-state index is 9.68. The summed E-state index contributed by atoms with van der Waals surface area (Å²) in [6.07, 6.45) is 7.12. The maximum atomic E-state index is 9.68. The summed E-state index contributed by atoms with van der Waals surface area (Å²) in [7, 11) is 0. The second-order valence-corrected chi connectivity index (χ2v) is 6.47. The second-order valence-electron chi connectivity index (χ2n) is 6.47. The summed E-state index contributed by atoms with van der Waals surface area (Å²) in [5.41, 5.74) is 0. The van der Waals surface area contributed by atoms with Crippen molar-refractivity contribution in [2.24, 2.45) is 11.8 Å². The molecule has 18 heavy (non-hydrogen) atoms. The molecule has 0 bridgehead atoms. The van der Waals surface area contributed by atoms with Crippen LogP contribution in [0.25, 0.3) is 0 Å². The number of hydrogen-bond donors (Lipinski definition) is 2. The molecule has 4 unspecified atom stereocenters. The van der Waals surface area contributed by atoms with Crippen molar-refractivity contribution >= 4 is 0 Å². The van der Waals surface area contributed by atoms with E-state index < -0.39 is 0 Å². The molecule has 2 aliphatic rings. The van der Waals surface area contributed by atoms with Gasteiger partial charge in [-0.1, -0.05) is 20.3 Å². The average Bonchev–Trinajstić information content (AvgIpc) is 2.37. The predicted octanol–water partition coefficient (Wildman–Crippen LogP) is 2.33. The molecule has 2 fully saturated rings. The van der Waals surface area contributed by atoms with Gasteiger partial charge in [0.15, 0.2) is 0 Å². The minimum Gasteiger partial charge on any atom is -0.393 e. The van der Waals surface area contributed by atoms with E-state index in [0.717, 1.165) is 38.8 Å². The van der Waals surface area contributed by atoms with Gasteiger partial charge in [0.2, 0.25) is 0 Å². The van der Waals surface area contributed by atoms with Crippen LogP contribution in [-0.4, -0.2) is 36.5 Å². The first-order valence-electron chi connectivity index (χ1n) is 7.68. The molecule has 1 aliphatic carbocycles. The number of aliphatic hydroxyl groups excluding tert-OH is 1. The molecular weight excluding hydrogens is 226 g/mol. The lowest BCUT2D eigenvalue weighted by Crippen LogP contribution is -2.43. The van der Waals surface area contributed by atoms with Crippen LogP contribution in [0.5, 0.6) is 0 Å². The first-order valence-corrected chi connectivity index (χ1v) is 7.68. The molecule has 2 rings (SSSR count). The van der Waals surface area contributed by atoms with Gasteiger partial charge in [-0.2, -0.15) is 0 Å². The number of rotatable bonds is 4. The zero-order valence-electron chi connectivity index (χ0n) is 11.9. The van der Waals surface area contributed by atoms with Gasteiger partial charge in [-0.15, -0.1) is 0 Å². The van der Waals surface area contributed by atoms with Gasteiger partial charge in [0.05, 0.1) is 12.2 Å². The summed E-state index contributed by atoms with van der Waals surface area (Å²) in [5, 5.41) is 13.4. The number of aliphatic hydroxyl groups is 1. The predicted molar refractivity (Wildman–Crippen MR) is 73.6 cm³/mol. The molecule has 3 heteroatoms. The van der Waals surface area contributed by atoms with Crippen LogP contribution in [-0.2, 0) is 4.74 Å². The summed E-state index contributed by atoms with van der Waals surface area (Å²) in [6, 6.07) is 0.616. The van der Waals surface area contributed by atoms with Crippen LogP contribution in [0.2, 0.25) is 0 Å².